The summed E-state index contributed by atoms with van der Waals surface area (Å²) in [7, 11) is 0. The minimum atomic E-state index is -4.80. The van der Waals surface area contributed by atoms with E-state index in [-0.39, 0.29) is 0 Å². The van der Waals surface area contributed by atoms with Crippen molar-refractivity contribution >= 4 is 0 Å². The molecule has 0 saturated carbocycles. The molecule has 0 N–H and O–H groups in total. The summed E-state index contributed by atoms with van der Waals surface area (Å²) in [6.07, 6.45) is -1.26. The number of rotatable bonds is 0. The fourth-order valence-electron chi connectivity index (χ4n) is 0.804. The Morgan fingerprint density at radius 1 is 1.18 bits per heavy atom. The molecule has 62 valence electrons. The van der Waals surface area contributed by atoms with Crippen LogP contribution in [0.3, 0.4) is 0 Å². The third-order valence-electron chi connectivity index (χ3n) is 1.49. The fraction of sp³-hybridized carbons (Fsp3) is 0.429. The summed E-state index contributed by atoms with van der Waals surface area (Å²) in [6.45, 7) is 0. The summed E-state index contributed by atoms with van der Waals surface area (Å²) >= 11 is 0. The monoisotopic (exact) mass is 166 g/mol. The van der Waals surface area contributed by atoms with E-state index < -0.39 is 18.3 Å². The lowest BCUT2D eigenvalue weighted by Gasteiger charge is -2.24. The van der Waals surface area contributed by atoms with Gasteiger partial charge in [-0.15, -0.1) is 0 Å². The van der Waals surface area contributed by atoms with E-state index in [9.17, 15) is 17.6 Å². The van der Waals surface area contributed by atoms with Crippen molar-refractivity contribution in [1.29, 1.82) is 0 Å². The normalized spacial score (nSPS) is 30.9. The second kappa shape index (κ2) is 2.36. The molecule has 0 radical (unpaired) electrons. The Kier molecular flexibility index (Phi) is 1.78. The zero-order chi connectivity index (χ0) is 8.54. The zero-order valence-corrected chi connectivity index (χ0v) is 5.53. The van der Waals surface area contributed by atoms with Crippen LogP contribution in [0.5, 0.6) is 0 Å². The SMILES string of the molecule is FC(F)(F)C1(F)C=CC=CC1. The molecule has 0 heterocycles. The van der Waals surface area contributed by atoms with Crippen LogP contribution in [0, 0.1) is 0 Å². The molecule has 0 aliphatic heterocycles. The van der Waals surface area contributed by atoms with E-state index >= 15 is 0 Å². The number of allylic oxidation sites excluding steroid dienone is 4. The Morgan fingerprint density at radius 2 is 1.82 bits per heavy atom. The smallest absolute Gasteiger partial charge is 0.229 e. The average Bonchev–Trinajstić information content (AvgIpc) is 1.87. The molecule has 0 aromatic rings. The van der Waals surface area contributed by atoms with Crippen LogP contribution in [-0.4, -0.2) is 11.8 Å². The van der Waals surface area contributed by atoms with Gasteiger partial charge >= 0.3 is 6.18 Å². The van der Waals surface area contributed by atoms with Crippen LogP contribution in [0.4, 0.5) is 17.6 Å². The molecule has 1 rings (SSSR count). The molecule has 0 nitrogen and oxygen atoms in total. The van der Waals surface area contributed by atoms with Crippen LogP contribution in [0.25, 0.3) is 0 Å². The molecule has 0 spiro atoms. The van der Waals surface area contributed by atoms with E-state index in [4.69, 9.17) is 0 Å². The summed E-state index contributed by atoms with van der Waals surface area (Å²) < 4.78 is 48.4. The fourth-order valence-corrected chi connectivity index (χ4v) is 0.804. The predicted octanol–water partition coefficient (Wildman–Crippen LogP) is 2.77. The van der Waals surface area contributed by atoms with Gasteiger partial charge in [-0.2, -0.15) is 13.2 Å². The van der Waals surface area contributed by atoms with Gasteiger partial charge in [-0.3, -0.25) is 0 Å². The van der Waals surface area contributed by atoms with Crippen molar-refractivity contribution in [2.75, 3.05) is 0 Å². The van der Waals surface area contributed by atoms with Crippen molar-refractivity contribution in [1.82, 2.24) is 0 Å². The predicted molar refractivity (Wildman–Crippen MR) is 32.8 cm³/mol. The lowest BCUT2D eigenvalue weighted by Crippen LogP contribution is -2.39. The summed E-state index contributed by atoms with van der Waals surface area (Å²) in [4.78, 5) is 0. The highest BCUT2D eigenvalue weighted by molar-refractivity contribution is 5.20. The van der Waals surface area contributed by atoms with Crippen LogP contribution in [0.15, 0.2) is 24.3 Å². The van der Waals surface area contributed by atoms with E-state index in [1.165, 1.54) is 6.08 Å². The van der Waals surface area contributed by atoms with Gasteiger partial charge in [-0.05, 0) is 6.08 Å². The lowest BCUT2D eigenvalue weighted by molar-refractivity contribution is -0.210. The van der Waals surface area contributed by atoms with Crippen molar-refractivity contribution in [2.24, 2.45) is 0 Å². The average molecular weight is 166 g/mol. The summed E-state index contributed by atoms with van der Waals surface area (Å²) in [5.41, 5.74) is -3.15. The quantitative estimate of drug-likeness (QED) is 0.485. The van der Waals surface area contributed by atoms with Gasteiger partial charge < -0.3 is 0 Å². The van der Waals surface area contributed by atoms with Crippen molar-refractivity contribution in [3.8, 4) is 0 Å². The first-order chi connectivity index (χ1) is 4.96. The molecule has 0 fully saturated rings. The van der Waals surface area contributed by atoms with E-state index in [1.807, 2.05) is 0 Å². The maximum absolute atomic E-state index is 12.8. The van der Waals surface area contributed by atoms with E-state index in [1.54, 1.807) is 0 Å². The molecular weight excluding hydrogens is 160 g/mol. The number of hydrogen-bond acceptors (Lipinski definition) is 0. The Bertz CT molecular complexity index is 201. The highest BCUT2D eigenvalue weighted by Crippen LogP contribution is 2.39. The maximum atomic E-state index is 12.8. The Labute approximate surface area is 61.2 Å². The molecular formula is C7H6F4. The zero-order valence-electron chi connectivity index (χ0n) is 5.53. The van der Waals surface area contributed by atoms with Crippen LogP contribution in [0.2, 0.25) is 0 Å². The minimum Gasteiger partial charge on any atom is -0.229 e. The largest absolute Gasteiger partial charge is 0.426 e. The van der Waals surface area contributed by atoms with Gasteiger partial charge in [0.05, 0.1) is 0 Å². The molecule has 11 heavy (non-hydrogen) atoms. The Morgan fingerprint density at radius 3 is 2.09 bits per heavy atom. The highest BCUT2D eigenvalue weighted by atomic mass is 19.4. The first kappa shape index (κ1) is 8.30. The molecule has 1 unspecified atom stereocenters. The molecule has 0 amide bonds. The molecule has 0 bridgehead atoms. The standard InChI is InChI=1S/C7H6F4/c8-6(7(9,10)11)4-2-1-3-5-6/h1-4H,5H2. The molecule has 1 aliphatic carbocycles. The Hall–Kier alpha value is -0.800. The Balaban J connectivity index is 2.84. The second-order valence-corrected chi connectivity index (χ2v) is 2.35. The first-order valence-corrected chi connectivity index (χ1v) is 3.06. The molecule has 1 aliphatic rings. The van der Waals surface area contributed by atoms with E-state index in [0.717, 1.165) is 12.2 Å². The summed E-state index contributed by atoms with van der Waals surface area (Å²) in [6, 6.07) is 0. The van der Waals surface area contributed by atoms with Crippen molar-refractivity contribution < 1.29 is 17.6 Å². The van der Waals surface area contributed by atoms with Crippen molar-refractivity contribution in [3.63, 3.8) is 0 Å². The van der Waals surface area contributed by atoms with E-state index in [0.29, 0.717) is 6.08 Å². The van der Waals surface area contributed by atoms with Crippen LogP contribution >= 0.6 is 0 Å². The van der Waals surface area contributed by atoms with Gasteiger partial charge in [0, 0.05) is 6.42 Å². The van der Waals surface area contributed by atoms with Crippen molar-refractivity contribution in [2.45, 2.75) is 18.3 Å². The first-order valence-electron chi connectivity index (χ1n) is 3.06. The van der Waals surface area contributed by atoms with Gasteiger partial charge in [0.15, 0.2) is 0 Å². The molecule has 0 saturated heterocycles. The minimum absolute atomic E-state index is 0.535. The second-order valence-electron chi connectivity index (χ2n) is 2.35. The van der Waals surface area contributed by atoms with Gasteiger partial charge in [-0.1, -0.05) is 18.2 Å². The van der Waals surface area contributed by atoms with Crippen LogP contribution < -0.4 is 0 Å². The third-order valence-corrected chi connectivity index (χ3v) is 1.49. The number of hydrogen-bond donors (Lipinski definition) is 0. The van der Waals surface area contributed by atoms with Gasteiger partial charge in [0.25, 0.3) is 0 Å². The van der Waals surface area contributed by atoms with Gasteiger partial charge in [-0.25, -0.2) is 4.39 Å². The summed E-state index contributed by atoms with van der Waals surface area (Å²) in [5, 5.41) is 0. The molecule has 4 heteroatoms. The molecule has 0 aromatic carbocycles. The third kappa shape index (κ3) is 1.44. The van der Waals surface area contributed by atoms with Gasteiger partial charge in [0.2, 0.25) is 5.67 Å². The topological polar surface area (TPSA) is 0 Å². The van der Waals surface area contributed by atoms with Crippen molar-refractivity contribution in [3.05, 3.63) is 24.3 Å². The van der Waals surface area contributed by atoms with Crippen LogP contribution in [0.1, 0.15) is 6.42 Å². The molecule has 1 atom stereocenters. The number of halogens is 4. The van der Waals surface area contributed by atoms with Crippen LogP contribution in [-0.2, 0) is 0 Å². The number of alkyl halides is 4. The van der Waals surface area contributed by atoms with Gasteiger partial charge in [0.1, 0.15) is 0 Å². The lowest BCUT2D eigenvalue weighted by atomic mass is 9.97. The summed E-state index contributed by atoms with van der Waals surface area (Å²) in [5.74, 6) is 0. The maximum Gasteiger partial charge on any atom is 0.426 e. The highest BCUT2D eigenvalue weighted by Gasteiger charge is 2.53. The molecule has 0 aromatic heterocycles. The van der Waals surface area contributed by atoms with E-state index in [2.05, 4.69) is 0 Å².